The zero-order chi connectivity index (χ0) is 13.7. The molecule has 4 nitrogen and oxygen atoms in total. The molecular weight excluding hydrogens is 240 g/mol. The number of nitrogens with zero attached hydrogens (tertiary/aromatic N) is 1. The van der Waals surface area contributed by atoms with E-state index >= 15 is 0 Å². The van der Waals surface area contributed by atoms with Gasteiger partial charge in [-0.15, -0.1) is 0 Å². The maximum atomic E-state index is 11.8. The van der Waals surface area contributed by atoms with Gasteiger partial charge in [0.2, 0.25) is 0 Å². The van der Waals surface area contributed by atoms with Gasteiger partial charge in [-0.1, -0.05) is 30.3 Å². The van der Waals surface area contributed by atoms with E-state index in [9.17, 15) is 9.90 Å². The van der Waals surface area contributed by atoms with Gasteiger partial charge in [0.25, 0.3) is 5.91 Å². The first-order valence-corrected chi connectivity index (χ1v) is 5.85. The van der Waals surface area contributed by atoms with Gasteiger partial charge in [-0.2, -0.15) is 5.10 Å². The SMILES string of the molecule is Cc1ccccc1C(=O)N/N=C/c1cccc(O)c1. The van der Waals surface area contributed by atoms with Crippen LogP contribution in [0.2, 0.25) is 0 Å². The Morgan fingerprint density at radius 1 is 1.21 bits per heavy atom. The van der Waals surface area contributed by atoms with Gasteiger partial charge in [0.15, 0.2) is 0 Å². The smallest absolute Gasteiger partial charge is 0.271 e. The molecule has 96 valence electrons. The minimum atomic E-state index is -0.255. The lowest BCUT2D eigenvalue weighted by molar-refractivity contribution is 0.0954. The van der Waals surface area contributed by atoms with Crippen molar-refractivity contribution in [3.8, 4) is 5.75 Å². The Morgan fingerprint density at radius 3 is 2.74 bits per heavy atom. The van der Waals surface area contributed by atoms with Crippen LogP contribution >= 0.6 is 0 Å². The lowest BCUT2D eigenvalue weighted by Crippen LogP contribution is -2.18. The van der Waals surface area contributed by atoms with E-state index in [1.165, 1.54) is 6.21 Å². The number of nitrogens with one attached hydrogen (secondary N) is 1. The van der Waals surface area contributed by atoms with Gasteiger partial charge in [-0.25, -0.2) is 5.43 Å². The number of phenols is 1. The van der Waals surface area contributed by atoms with Gasteiger partial charge in [0.05, 0.1) is 6.21 Å². The predicted molar refractivity (Wildman–Crippen MR) is 74.3 cm³/mol. The van der Waals surface area contributed by atoms with Crippen molar-refractivity contribution in [1.29, 1.82) is 0 Å². The molecule has 0 unspecified atom stereocenters. The second kappa shape index (κ2) is 5.82. The summed E-state index contributed by atoms with van der Waals surface area (Å²) in [4.78, 5) is 11.8. The predicted octanol–water partition coefficient (Wildman–Crippen LogP) is 2.46. The van der Waals surface area contributed by atoms with E-state index in [0.29, 0.717) is 11.1 Å². The van der Waals surface area contributed by atoms with E-state index in [-0.39, 0.29) is 11.7 Å². The zero-order valence-electron chi connectivity index (χ0n) is 10.5. The van der Waals surface area contributed by atoms with Gasteiger partial charge < -0.3 is 5.11 Å². The molecule has 0 aliphatic heterocycles. The summed E-state index contributed by atoms with van der Waals surface area (Å²) >= 11 is 0. The third kappa shape index (κ3) is 3.42. The van der Waals surface area contributed by atoms with Gasteiger partial charge in [-0.05, 0) is 36.2 Å². The van der Waals surface area contributed by atoms with Crippen LogP contribution in [0.1, 0.15) is 21.5 Å². The number of benzene rings is 2. The number of carbonyl (C=O) groups excluding carboxylic acids is 1. The fraction of sp³-hybridized carbons (Fsp3) is 0.0667. The van der Waals surface area contributed by atoms with E-state index in [1.54, 1.807) is 36.4 Å². The fourth-order valence-electron chi connectivity index (χ4n) is 1.66. The Hall–Kier alpha value is -2.62. The summed E-state index contributed by atoms with van der Waals surface area (Å²) in [6.45, 7) is 1.87. The maximum absolute atomic E-state index is 11.8. The minimum absolute atomic E-state index is 0.161. The average molecular weight is 254 g/mol. The van der Waals surface area contributed by atoms with Crippen LogP contribution in [0.25, 0.3) is 0 Å². The topological polar surface area (TPSA) is 61.7 Å². The van der Waals surface area contributed by atoms with E-state index < -0.39 is 0 Å². The first-order chi connectivity index (χ1) is 9.16. The monoisotopic (exact) mass is 254 g/mol. The van der Waals surface area contributed by atoms with E-state index in [0.717, 1.165) is 5.56 Å². The fourth-order valence-corrected chi connectivity index (χ4v) is 1.66. The van der Waals surface area contributed by atoms with Gasteiger partial charge in [0, 0.05) is 5.56 Å². The molecule has 0 aromatic heterocycles. The molecule has 0 saturated heterocycles. The molecule has 0 aliphatic rings. The molecule has 4 heteroatoms. The highest BCUT2D eigenvalue weighted by Gasteiger charge is 2.05. The van der Waals surface area contributed by atoms with Crippen molar-refractivity contribution >= 4 is 12.1 Å². The van der Waals surface area contributed by atoms with Crippen molar-refractivity contribution in [3.63, 3.8) is 0 Å². The normalized spacial score (nSPS) is 10.6. The van der Waals surface area contributed by atoms with Crippen molar-refractivity contribution < 1.29 is 9.90 Å². The summed E-state index contributed by atoms with van der Waals surface area (Å²) in [5, 5.41) is 13.2. The number of aryl methyl sites for hydroxylation is 1. The molecule has 1 amide bonds. The minimum Gasteiger partial charge on any atom is -0.508 e. The third-order valence-corrected chi connectivity index (χ3v) is 2.64. The van der Waals surface area contributed by atoms with Crippen molar-refractivity contribution in [3.05, 3.63) is 65.2 Å². The number of hydrogen-bond acceptors (Lipinski definition) is 3. The van der Waals surface area contributed by atoms with Crippen LogP contribution in [-0.4, -0.2) is 17.2 Å². The maximum Gasteiger partial charge on any atom is 0.271 e. The van der Waals surface area contributed by atoms with Gasteiger partial charge in [-0.3, -0.25) is 4.79 Å². The number of amides is 1. The summed E-state index contributed by atoms with van der Waals surface area (Å²) in [7, 11) is 0. The Balaban J connectivity index is 2.03. The Kier molecular flexibility index (Phi) is 3.93. The van der Waals surface area contributed by atoms with E-state index in [1.807, 2.05) is 19.1 Å². The van der Waals surface area contributed by atoms with Crippen molar-refractivity contribution in [1.82, 2.24) is 5.43 Å². The Labute approximate surface area is 111 Å². The van der Waals surface area contributed by atoms with Crippen LogP contribution in [0.3, 0.4) is 0 Å². The van der Waals surface area contributed by atoms with Crippen LogP contribution in [0.15, 0.2) is 53.6 Å². The number of phenolic OH excluding ortho intramolecular Hbond substituents is 1. The molecule has 0 heterocycles. The molecule has 2 aromatic carbocycles. The number of hydrogen-bond donors (Lipinski definition) is 2. The standard InChI is InChI=1S/C15H14N2O2/c1-11-5-2-3-8-14(11)15(19)17-16-10-12-6-4-7-13(18)9-12/h2-10,18H,1H3,(H,17,19)/b16-10+. The molecule has 0 radical (unpaired) electrons. The molecule has 2 aromatic rings. The highest BCUT2D eigenvalue weighted by molar-refractivity contribution is 5.96. The van der Waals surface area contributed by atoms with Crippen molar-refractivity contribution in [2.75, 3.05) is 0 Å². The van der Waals surface area contributed by atoms with Crippen LogP contribution < -0.4 is 5.43 Å². The molecule has 0 aliphatic carbocycles. The van der Waals surface area contributed by atoms with Crippen LogP contribution in [0, 0.1) is 6.92 Å². The summed E-state index contributed by atoms with van der Waals surface area (Å²) in [6.07, 6.45) is 1.48. The zero-order valence-corrected chi connectivity index (χ0v) is 10.5. The molecule has 19 heavy (non-hydrogen) atoms. The molecular formula is C15H14N2O2. The lowest BCUT2D eigenvalue weighted by atomic mass is 10.1. The summed E-state index contributed by atoms with van der Waals surface area (Å²) in [5.41, 5.74) is 4.66. The highest BCUT2D eigenvalue weighted by Crippen LogP contribution is 2.09. The molecule has 0 fully saturated rings. The number of aromatic hydroxyl groups is 1. The summed E-state index contributed by atoms with van der Waals surface area (Å²) in [5.74, 6) is -0.0938. The quantitative estimate of drug-likeness (QED) is 0.653. The molecule has 2 rings (SSSR count). The molecule has 0 spiro atoms. The largest absolute Gasteiger partial charge is 0.508 e. The van der Waals surface area contributed by atoms with Crippen molar-refractivity contribution in [2.45, 2.75) is 6.92 Å². The van der Waals surface area contributed by atoms with Crippen LogP contribution in [0.5, 0.6) is 5.75 Å². The number of rotatable bonds is 3. The van der Waals surface area contributed by atoms with E-state index in [4.69, 9.17) is 0 Å². The van der Waals surface area contributed by atoms with Crippen molar-refractivity contribution in [2.24, 2.45) is 5.10 Å². The number of carbonyl (C=O) groups is 1. The molecule has 2 N–H and O–H groups in total. The highest BCUT2D eigenvalue weighted by atomic mass is 16.3. The average Bonchev–Trinajstić information content (AvgIpc) is 2.39. The Bertz CT molecular complexity index is 621. The number of hydrazone groups is 1. The van der Waals surface area contributed by atoms with E-state index in [2.05, 4.69) is 10.5 Å². The Morgan fingerprint density at radius 2 is 2.00 bits per heavy atom. The van der Waals surface area contributed by atoms with Gasteiger partial charge in [0.1, 0.15) is 5.75 Å². The summed E-state index contributed by atoms with van der Waals surface area (Å²) in [6, 6.07) is 13.9. The second-order valence-corrected chi connectivity index (χ2v) is 4.11. The first kappa shape index (κ1) is 12.8. The summed E-state index contributed by atoms with van der Waals surface area (Å²) < 4.78 is 0. The first-order valence-electron chi connectivity index (χ1n) is 5.85. The molecule has 0 saturated carbocycles. The third-order valence-electron chi connectivity index (χ3n) is 2.64. The molecule has 0 atom stereocenters. The second-order valence-electron chi connectivity index (χ2n) is 4.11. The molecule has 0 bridgehead atoms. The van der Waals surface area contributed by atoms with Gasteiger partial charge >= 0.3 is 0 Å². The van der Waals surface area contributed by atoms with Crippen LogP contribution in [-0.2, 0) is 0 Å². The van der Waals surface area contributed by atoms with Crippen LogP contribution in [0.4, 0.5) is 0 Å². The lowest BCUT2D eigenvalue weighted by Gasteiger charge is -2.02.